The Labute approximate surface area is 132 Å². The zero-order valence-corrected chi connectivity index (χ0v) is 14.3. The van der Waals surface area contributed by atoms with Gasteiger partial charge in [0.1, 0.15) is 18.2 Å². The molecule has 21 heavy (non-hydrogen) atoms. The standard InChI is InChI=1S/C15H28N4OS/c1-4-16-13-11-14(19-15(18-13)12-20-2)17-9-7-5-6-8-10-21-3/h11H,4-10,12H2,1-3H3,(H2,16,17,18,19). The topological polar surface area (TPSA) is 59.1 Å². The molecule has 1 aromatic rings. The summed E-state index contributed by atoms with van der Waals surface area (Å²) >= 11 is 1.92. The van der Waals surface area contributed by atoms with Crippen molar-refractivity contribution in [2.24, 2.45) is 0 Å². The Hall–Kier alpha value is -1.01. The van der Waals surface area contributed by atoms with E-state index in [0.29, 0.717) is 12.4 Å². The normalized spacial score (nSPS) is 10.6. The van der Waals surface area contributed by atoms with Gasteiger partial charge in [0.15, 0.2) is 5.82 Å². The highest BCUT2D eigenvalue weighted by atomic mass is 32.2. The van der Waals surface area contributed by atoms with E-state index in [1.807, 2.05) is 17.8 Å². The molecule has 0 aliphatic rings. The van der Waals surface area contributed by atoms with E-state index >= 15 is 0 Å². The van der Waals surface area contributed by atoms with Gasteiger partial charge in [-0.25, -0.2) is 9.97 Å². The lowest BCUT2D eigenvalue weighted by molar-refractivity contribution is 0.178. The smallest absolute Gasteiger partial charge is 0.158 e. The number of rotatable bonds is 12. The molecule has 0 aliphatic heterocycles. The average Bonchev–Trinajstić information content (AvgIpc) is 2.47. The fraction of sp³-hybridized carbons (Fsp3) is 0.733. The number of methoxy groups -OCH3 is 1. The summed E-state index contributed by atoms with van der Waals surface area (Å²) in [4.78, 5) is 8.86. The van der Waals surface area contributed by atoms with Crippen molar-refractivity contribution in [2.45, 2.75) is 39.2 Å². The first-order chi connectivity index (χ1) is 10.3. The van der Waals surface area contributed by atoms with Crippen molar-refractivity contribution in [3.8, 4) is 0 Å². The second-order valence-electron chi connectivity index (χ2n) is 4.85. The predicted octanol–water partition coefficient (Wildman–Crippen LogP) is 3.39. The molecule has 120 valence electrons. The molecule has 0 fully saturated rings. The molecule has 0 saturated carbocycles. The van der Waals surface area contributed by atoms with Crippen LogP contribution in [0.5, 0.6) is 0 Å². The summed E-state index contributed by atoms with van der Waals surface area (Å²) in [6, 6.07) is 1.95. The monoisotopic (exact) mass is 312 g/mol. The summed E-state index contributed by atoms with van der Waals surface area (Å²) in [5.41, 5.74) is 0. The van der Waals surface area contributed by atoms with Crippen molar-refractivity contribution >= 4 is 23.4 Å². The number of nitrogens with zero attached hydrogens (tertiary/aromatic N) is 2. The highest BCUT2D eigenvalue weighted by Gasteiger charge is 2.03. The maximum Gasteiger partial charge on any atom is 0.158 e. The number of thioether (sulfide) groups is 1. The molecule has 0 unspecified atom stereocenters. The van der Waals surface area contributed by atoms with Crippen molar-refractivity contribution < 1.29 is 4.74 Å². The summed E-state index contributed by atoms with van der Waals surface area (Å²) in [5.74, 6) is 3.70. The van der Waals surface area contributed by atoms with E-state index in [4.69, 9.17) is 4.74 Å². The molecule has 1 rings (SSSR count). The van der Waals surface area contributed by atoms with Gasteiger partial charge in [-0.2, -0.15) is 11.8 Å². The minimum Gasteiger partial charge on any atom is -0.377 e. The molecule has 0 atom stereocenters. The van der Waals surface area contributed by atoms with Gasteiger partial charge in [-0.15, -0.1) is 0 Å². The van der Waals surface area contributed by atoms with Crippen LogP contribution < -0.4 is 10.6 Å². The van der Waals surface area contributed by atoms with Gasteiger partial charge in [0, 0.05) is 26.3 Å². The third-order valence-corrected chi connectivity index (χ3v) is 3.68. The maximum atomic E-state index is 5.11. The quantitative estimate of drug-likeness (QED) is 0.577. The number of unbranched alkanes of at least 4 members (excludes halogenated alkanes) is 3. The lowest BCUT2D eigenvalue weighted by Gasteiger charge is -2.10. The van der Waals surface area contributed by atoms with Crippen LogP contribution in [0.3, 0.4) is 0 Å². The second kappa shape index (κ2) is 11.6. The van der Waals surface area contributed by atoms with E-state index in [0.717, 1.165) is 24.7 Å². The molecule has 0 radical (unpaired) electrons. The average molecular weight is 312 g/mol. The Morgan fingerprint density at radius 3 is 2.48 bits per heavy atom. The van der Waals surface area contributed by atoms with Crippen LogP contribution in [0.1, 0.15) is 38.4 Å². The van der Waals surface area contributed by atoms with Crippen LogP contribution in [0, 0.1) is 0 Å². The summed E-state index contributed by atoms with van der Waals surface area (Å²) in [6.45, 7) is 4.29. The molecule has 0 aromatic carbocycles. The molecular formula is C15H28N4OS. The Kier molecular flexibility index (Phi) is 9.99. The number of hydrogen-bond donors (Lipinski definition) is 2. The van der Waals surface area contributed by atoms with Crippen molar-refractivity contribution in [2.75, 3.05) is 42.8 Å². The minimum atomic E-state index is 0.433. The van der Waals surface area contributed by atoms with Crippen LogP contribution in [0.4, 0.5) is 11.6 Å². The second-order valence-corrected chi connectivity index (χ2v) is 5.84. The Morgan fingerprint density at radius 2 is 1.81 bits per heavy atom. The zero-order valence-electron chi connectivity index (χ0n) is 13.4. The molecule has 0 spiro atoms. The van der Waals surface area contributed by atoms with Crippen LogP contribution in [0.15, 0.2) is 6.07 Å². The van der Waals surface area contributed by atoms with Gasteiger partial charge in [-0.3, -0.25) is 0 Å². The van der Waals surface area contributed by atoms with E-state index in [1.165, 1.54) is 31.4 Å². The number of anilines is 2. The van der Waals surface area contributed by atoms with Crippen LogP contribution in [0.2, 0.25) is 0 Å². The van der Waals surface area contributed by atoms with Crippen molar-refractivity contribution in [1.82, 2.24) is 9.97 Å². The Morgan fingerprint density at radius 1 is 1.10 bits per heavy atom. The minimum absolute atomic E-state index is 0.433. The summed E-state index contributed by atoms with van der Waals surface area (Å²) in [6.07, 6.45) is 7.23. The van der Waals surface area contributed by atoms with Crippen molar-refractivity contribution in [3.05, 3.63) is 11.9 Å². The van der Waals surface area contributed by atoms with Crippen molar-refractivity contribution in [1.29, 1.82) is 0 Å². The molecule has 1 aromatic heterocycles. The highest BCUT2D eigenvalue weighted by Crippen LogP contribution is 2.12. The number of ether oxygens (including phenoxy) is 1. The molecule has 5 nitrogen and oxygen atoms in total. The van der Waals surface area contributed by atoms with Crippen LogP contribution in [-0.2, 0) is 11.3 Å². The van der Waals surface area contributed by atoms with E-state index < -0.39 is 0 Å². The van der Waals surface area contributed by atoms with Crippen LogP contribution in [-0.4, -0.2) is 42.2 Å². The SMILES string of the molecule is CCNc1cc(NCCCCCCSC)nc(COC)n1. The molecule has 1 heterocycles. The molecule has 0 amide bonds. The molecule has 0 bridgehead atoms. The van der Waals surface area contributed by atoms with E-state index in [9.17, 15) is 0 Å². The zero-order chi connectivity index (χ0) is 15.3. The highest BCUT2D eigenvalue weighted by molar-refractivity contribution is 7.98. The van der Waals surface area contributed by atoms with Crippen molar-refractivity contribution in [3.63, 3.8) is 0 Å². The molecular weight excluding hydrogens is 284 g/mol. The van der Waals surface area contributed by atoms with Crippen LogP contribution in [0.25, 0.3) is 0 Å². The van der Waals surface area contributed by atoms with Gasteiger partial charge in [0.05, 0.1) is 0 Å². The first kappa shape index (κ1) is 18.0. The summed E-state index contributed by atoms with van der Waals surface area (Å²) in [5, 5.41) is 6.60. The molecule has 0 saturated heterocycles. The molecule has 0 aliphatic carbocycles. The number of nitrogens with one attached hydrogen (secondary N) is 2. The van der Waals surface area contributed by atoms with Crippen LogP contribution >= 0.6 is 11.8 Å². The third-order valence-electron chi connectivity index (χ3n) is 2.99. The molecule has 2 N–H and O–H groups in total. The van der Waals surface area contributed by atoms with E-state index in [2.05, 4.69) is 33.8 Å². The predicted molar refractivity (Wildman–Crippen MR) is 92.2 cm³/mol. The lowest BCUT2D eigenvalue weighted by atomic mass is 10.2. The van der Waals surface area contributed by atoms with Gasteiger partial charge in [0.25, 0.3) is 0 Å². The first-order valence-corrected chi connectivity index (χ1v) is 9.03. The van der Waals surface area contributed by atoms with Gasteiger partial charge in [0.2, 0.25) is 0 Å². The lowest BCUT2D eigenvalue weighted by Crippen LogP contribution is -2.09. The fourth-order valence-electron chi connectivity index (χ4n) is 1.99. The first-order valence-electron chi connectivity index (χ1n) is 7.63. The summed E-state index contributed by atoms with van der Waals surface area (Å²) < 4.78 is 5.11. The summed E-state index contributed by atoms with van der Waals surface area (Å²) in [7, 11) is 1.66. The van der Waals surface area contributed by atoms with Gasteiger partial charge < -0.3 is 15.4 Å². The van der Waals surface area contributed by atoms with Gasteiger partial charge >= 0.3 is 0 Å². The maximum absolute atomic E-state index is 5.11. The van der Waals surface area contributed by atoms with Gasteiger partial charge in [-0.1, -0.05) is 12.8 Å². The largest absolute Gasteiger partial charge is 0.377 e. The fourth-order valence-corrected chi connectivity index (χ4v) is 2.49. The number of aromatic nitrogens is 2. The van der Waals surface area contributed by atoms with E-state index in [-0.39, 0.29) is 0 Å². The molecule has 6 heteroatoms. The van der Waals surface area contributed by atoms with Gasteiger partial charge in [-0.05, 0) is 31.8 Å². The number of hydrogen-bond acceptors (Lipinski definition) is 6. The Balaban J connectivity index is 2.38. The third kappa shape index (κ3) is 8.12. The Bertz CT molecular complexity index is 366. The van der Waals surface area contributed by atoms with E-state index in [1.54, 1.807) is 7.11 Å².